The van der Waals surface area contributed by atoms with Gasteiger partial charge in [0, 0.05) is 18.6 Å². The van der Waals surface area contributed by atoms with Crippen LogP contribution in [0.3, 0.4) is 0 Å². The second-order valence-electron chi connectivity index (χ2n) is 8.13. The predicted octanol–water partition coefficient (Wildman–Crippen LogP) is 1.39. The Kier molecular flexibility index (Phi) is 4.44. The molecule has 0 spiro atoms. The predicted molar refractivity (Wildman–Crippen MR) is 113 cm³/mol. The number of hydrogen-bond donors (Lipinski definition) is 1. The van der Waals surface area contributed by atoms with Crippen LogP contribution in [0.4, 0.5) is 5.69 Å². The first kappa shape index (κ1) is 19.5. The second-order valence-corrected chi connectivity index (χ2v) is 8.13. The molecule has 1 N–H and O–H groups in total. The average molecular weight is 419 g/mol. The van der Waals surface area contributed by atoms with Gasteiger partial charge in [0.05, 0.1) is 26.1 Å². The third-order valence-corrected chi connectivity index (χ3v) is 6.69. The number of nitrogens with zero attached hydrogens (tertiary/aromatic N) is 1. The van der Waals surface area contributed by atoms with Crippen molar-refractivity contribution in [3.63, 3.8) is 0 Å². The molecule has 3 aliphatic heterocycles. The topological polar surface area (TPSA) is 77.4 Å². The maximum atomic E-state index is 13.7. The number of amides is 2. The zero-order valence-corrected chi connectivity index (χ0v) is 17.5. The van der Waals surface area contributed by atoms with Crippen LogP contribution in [-0.4, -0.2) is 37.9 Å². The number of rotatable bonds is 4. The fourth-order valence-electron chi connectivity index (χ4n) is 5.43. The Labute approximate surface area is 179 Å². The van der Waals surface area contributed by atoms with Crippen LogP contribution in [0.15, 0.2) is 48.7 Å². The van der Waals surface area contributed by atoms with Crippen LogP contribution in [0, 0.1) is 11.8 Å². The molecule has 7 heteroatoms. The van der Waals surface area contributed by atoms with Crippen molar-refractivity contribution in [2.75, 3.05) is 19.1 Å². The van der Waals surface area contributed by atoms with Gasteiger partial charge in [-0.05, 0) is 23.8 Å². The summed E-state index contributed by atoms with van der Waals surface area (Å²) in [5.41, 5.74) is 2.37. The Balaban J connectivity index is 1.64. The summed E-state index contributed by atoms with van der Waals surface area (Å²) >= 11 is 0. The lowest BCUT2D eigenvalue weighted by molar-refractivity contribution is -0.884. The van der Waals surface area contributed by atoms with Gasteiger partial charge in [-0.3, -0.25) is 19.3 Å². The molecule has 158 valence electrons. The Morgan fingerprint density at radius 2 is 1.74 bits per heavy atom. The summed E-state index contributed by atoms with van der Waals surface area (Å²) in [6.07, 6.45) is 3.90. The molecule has 0 radical (unpaired) electrons. The van der Waals surface area contributed by atoms with E-state index in [1.165, 1.54) is 26.0 Å². The molecule has 0 bridgehead atoms. The number of imide groups is 1. The number of benzene rings is 2. The van der Waals surface area contributed by atoms with Gasteiger partial charge in [-0.2, -0.15) is 0 Å². The second kappa shape index (κ2) is 7.06. The minimum absolute atomic E-state index is 0.0961. The summed E-state index contributed by atoms with van der Waals surface area (Å²) in [4.78, 5) is 42.1. The fraction of sp³-hybridized carbons (Fsp3) is 0.292. The van der Waals surface area contributed by atoms with E-state index in [0.717, 1.165) is 16.0 Å². The van der Waals surface area contributed by atoms with Crippen LogP contribution < -0.4 is 19.3 Å². The van der Waals surface area contributed by atoms with Gasteiger partial charge in [0.1, 0.15) is 29.4 Å². The van der Waals surface area contributed by atoms with Gasteiger partial charge in [0.15, 0.2) is 11.8 Å². The molecule has 5 atom stereocenters. The zero-order valence-electron chi connectivity index (χ0n) is 17.5. The number of ether oxygens (including phenoxy) is 2. The molecule has 0 saturated carbocycles. The van der Waals surface area contributed by atoms with Crippen molar-refractivity contribution in [2.24, 2.45) is 11.8 Å². The average Bonchev–Trinajstić information content (AvgIpc) is 3.26. The standard InChI is InChI=1S/C24H22N2O5/c1-13(27)21-19-20(22-16-7-5-4-6-14(16)10-11-25(21)22)24(29)26(23(19)28)17-9-8-15(30-2)12-18(17)31-3/h4-12,19-22H,1-3H3/p+1/t19-,20+,21-,22-/m1/s1. The van der Waals surface area contributed by atoms with Crippen LogP contribution in [-0.2, 0) is 14.4 Å². The van der Waals surface area contributed by atoms with Crippen molar-refractivity contribution in [1.29, 1.82) is 0 Å². The van der Waals surface area contributed by atoms with E-state index in [9.17, 15) is 14.4 Å². The normalized spacial score (nSPS) is 28.2. The van der Waals surface area contributed by atoms with Gasteiger partial charge in [0.2, 0.25) is 11.8 Å². The van der Waals surface area contributed by atoms with Crippen LogP contribution in [0.25, 0.3) is 6.08 Å². The first-order chi connectivity index (χ1) is 15.0. The number of carbonyl (C=O) groups excluding carboxylic acids is 3. The molecule has 0 aromatic heterocycles. The number of nitrogens with one attached hydrogen (secondary N) is 1. The number of anilines is 1. The van der Waals surface area contributed by atoms with Crippen molar-refractivity contribution in [2.45, 2.75) is 19.0 Å². The molecular weight excluding hydrogens is 396 g/mol. The quantitative estimate of drug-likeness (QED) is 0.758. The molecule has 2 aromatic carbocycles. The molecule has 3 heterocycles. The van der Waals surface area contributed by atoms with Gasteiger partial charge in [-0.15, -0.1) is 0 Å². The molecule has 0 aliphatic carbocycles. The smallest absolute Gasteiger partial charge is 0.244 e. The van der Waals surface area contributed by atoms with Crippen LogP contribution in [0.2, 0.25) is 0 Å². The van der Waals surface area contributed by atoms with Gasteiger partial charge in [-0.1, -0.05) is 24.3 Å². The lowest BCUT2D eigenvalue weighted by atomic mass is 9.84. The summed E-state index contributed by atoms with van der Waals surface area (Å²) in [5.74, 6) is -1.15. The highest BCUT2D eigenvalue weighted by atomic mass is 16.5. The van der Waals surface area contributed by atoms with Crippen LogP contribution >= 0.6 is 0 Å². The fourth-order valence-corrected chi connectivity index (χ4v) is 5.43. The summed E-state index contributed by atoms with van der Waals surface area (Å²) in [7, 11) is 3.02. The molecule has 2 fully saturated rings. The third-order valence-electron chi connectivity index (χ3n) is 6.69. The van der Waals surface area contributed by atoms with Gasteiger partial charge in [-0.25, -0.2) is 4.90 Å². The largest absolute Gasteiger partial charge is 0.497 e. The summed E-state index contributed by atoms with van der Waals surface area (Å²) in [6.45, 7) is 1.50. The van der Waals surface area contributed by atoms with Crippen molar-refractivity contribution in [1.82, 2.24) is 0 Å². The number of Topliss-reactive ketones (excluding diaryl/α,β-unsaturated/α-hetero) is 1. The molecule has 7 nitrogen and oxygen atoms in total. The van der Waals surface area contributed by atoms with E-state index in [0.29, 0.717) is 17.2 Å². The first-order valence-electron chi connectivity index (χ1n) is 10.2. The molecule has 5 rings (SSSR count). The minimum atomic E-state index is -0.715. The van der Waals surface area contributed by atoms with E-state index in [1.807, 2.05) is 36.5 Å². The first-order valence-corrected chi connectivity index (χ1v) is 10.2. The Morgan fingerprint density at radius 1 is 1.00 bits per heavy atom. The number of hydrogen-bond acceptors (Lipinski definition) is 5. The highest BCUT2D eigenvalue weighted by Gasteiger charge is 2.67. The summed E-state index contributed by atoms with van der Waals surface area (Å²) < 4.78 is 10.7. The van der Waals surface area contributed by atoms with Gasteiger partial charge >= 0.3 is 0 Å². The van der Waals surface area contributed by atoms with Crippen molar-refractivity contribution < 1.29 is 28.8 Å². The minimum Gasteiger partial charge on any atom is -0.497 e. The van der Waals surface area contributed by atoms with E-state index in [4.69, 9.17) is 9.47 Å². The number of methoxy groups -OCH3 is 2. The van der Waals surface area contributed by atoms with E-state index in [1.54, 1.807) is 18.2 Å². The number of fused-ring (bicyclic) bond motifs is 5. The number of carbonyl (C=O) groups is 3. The van der Waals surface area contributed by atoms with Gasteiger partial charge < -0.3 is 9.47 Å². The lowest BCUT2D eigenvalue weighted by Gasteiger charge is -2.30. The molecule has 2 amide bonds. The van der Waals surface area contributed by atoms with E-state index in [-0.39, 0.29) is 23.6 Å². The highest BCUT2D eigenvalue weighted by molar-refractivity contribution is 6.24. The van der Waals surface area contributed by atoms with E-state index in [2.05, 4.69) is 0 Å². The van der Waals surface area contributed by atoms with Crippen LogP contribution in [0.5, 0.6) is 11.5 Å². The van der Waals surface area contributed by atoms with Crippen molar-refractivity contribution >= 4 is 29.4 Å². The van der Waals surface area contributed by atoms with Gasteiger partial charge in [0.25, 0.3) is 0 Å². The summed E-state index contributed by atoms with van der Waals surface area (Å²) in [5, 5.41) is 0. The Morgan fingerprint density at radius 3 is 2.45 bits per heavy atom. The highest BCUT2D eigenvalue weighted by Crippen LogP contribution is 2.46. The molecule has 2 aromatic rings. The Bertz CT molecular complexity index is 1140. The monoisotopic (exact) mass is 419 g/mol. The molecular formula is C24H23N2O5+. The zero-order chi connectivity index (χ0) is 21.9. The molecule has 3 aliphatic rings. The maximum Gasteiger partial charge on any atom is 0.244 e. The lowest BCUT2D eigenvalue weighted by Crippen LogP contribution is -3.12. The van der Waals surface area contributed by atoms with Crippen LogP contribution in [0.1, 0.15) is 24.1 Å². The maximum absolute atomic E-state index is 13.7. The molecule has 31 heavy (non-hydrogen) atoms. The summed E-state index contributed by atoms with van der Waals surface area (Å²) in [6, 6.07) is 11.9. The Hall–Kier alpha value is -3.45. The number of quaternary nitrogens is 1. The SMILES string of the molecule is COc1ccc(N2C(=O)[C@@H]3[C@H](C2=O)[C@H]2c4ccccc4C=C[NH+]2[C@@H]3C(C)=O)c(OC)c1. The molecule has 1 unspecified atom stereocenters. The van der Waals surface area contributed by atoms with Crippen molar-refractivity contribution in [3.8, 4) is 11.5 Å². The van der Waals surface area contributed by atoms with Crippen molar-refractivity contribution in [3.05, 3.63) is 59.8 Å². The molecule has 2 saturated heterocycles. The third kappa shape index (κ3) is 2.66. The number of ketones is 1. The van der Waals surface area contributed by atoms with E-state index < -0.39 is 17.9 Å². The van der Waals surface area contributed by atoms with E-state index >= 15 is 0 Å².